The molecule has 1 atom stereocenters. The number of ether oxygens (including phenoxy) is 2. The summed E-state index contributed by atoms with van der Waals surface area (Å²) in [6, 6.07) is 15.7. The van der Waals surface area contributed by atoms with Crippen LogP contribution in [0.4, 0.5) is 5.69 Å². The molecule has 142 valence electrons. The van der Waals surface area contributed by atoms with Crippen LogP contribution in [-0.2, 0) is 5.72 Å². The molecule has 4 rings (SSSR count). The third-order valence-corrected chi connectivity index (χ3v) is 5.60. The molecule has 5 nitrogen and oxygen atoms in total. The maximum atomic E-state index is 12.0. The summed E-state index contributed by atoms with van der Waals surface area (Å²) < 4.78 is 13.2. The van der Waals surface area contributed by atoms with Crippen LogP contribution in [0.2, 0.25) is 0 Å². The van der Waals surface area contributed by atoms with E-state index in [0.29, 0.717) is 12.3 Å². The molecule has 0 aliphatic carbocycles. The first-order valence-electron chi connectivity index (χ1n) is 9.58. The highest BCUT2D eigenvalue weighted by Gasteiger charge is 2.55. The molecule has 1 N–H and O–H groups in total. The number of amidine groups is 1. The normalized spacial score (nSPS) is 22.4. The van der Waals surface area contributed by atoms with E-state index in [2.05, 4.69) is 9.48 Å². The molecule has 0 aromatic heterocycles. The molecule has 0 bridgehead atoms. The number of aliphatic hydroxyl groups is 1. The lowest BCUT2D eigenvalue weighted by molar-refractivity contribution is -0.534. The molecule has 2 aliphatic heterocycles. The molecule has 0 fully saturated rings. The van der Waals surface area contributed by atoms with Crippen LogP contribution in [0.25, 0.3) is 0 Å². The molecule has 0 amide bonds. The number of benzene rings is 2. The van der Waals surface area contributed by atoms with E-state index in [1.165, 1.54) is 12.3 Å². The van der Waals surface area contributed by atoms with Crippen molar-refractivity contribution in [1.29, 1.82) is 0 Å². The van der Waals surface area contributed by atoms with Gasteiger partial charge in [-0.05, 0) is 55.7 Å². The van der Waals surface area contributed by atoms with E-state index in [-0.39, 0.29) is 0 Å². The number of hydrogen-bond acceptors (Lipinski definition) is 4. The Kier molecular flexibility index (Phi) is 4.79. The van der Waals surface area contributed by atoms with Crippen LogP contribution >= 0.6 is 0 Å². The predicted molar refractivity (Wildman–Crippen MR) is 106 cm³/mol. The lowest BCUT2D eigenvalue weighted by atomic mass is 9.98. The Morgan fingerprint density at radius 1 is 0.963 bits per heavy atom. The maximum absolute atomic E-state index is 12.0. The zero-order chi connectivity index (χ0) is 18.9. The molecule has 2 aromatic rings. The van der Waals surface area contributed by atoms with Crippen molar-refractivity contribution in [3.8, 4) is 11.5 Å². The molecule has 2 heterocycles. The van der Waals surface area contributed by atoms with E-state index in [4.69, 9.17) is 9.47 Å². The van der Waals surface area contributed by atoms with Crippen LogP contribution < -0.4 is 14.4 Å². The first-order valence-corrected chi connectivity index (χ1v) is 9.58. The average molecular weight is 367 g/mol. The minimum Gasteiger partial charge on any atom is -0.497 e. The van der Waals surface area contributed by atoms with E-state index in [0.717, 1.165) is 42.8 Å². The van der Waals surface area contributed by atoms with Gasteiger partial charge in [0.2, 0.25) is 0 Å². The minimum absolute atomic E-state index is 0.536. The van der Waals surface area contributed by atoms with Gasteiger partial charge in [-0.1, -0.05) is 12.1 Å². The quantitative estimate of drug-likeness (QED) is 0.842. The molecule has 5 heteroatoms. The monoisotopic (exact) mass is 367 g/mol. The zero-order valence-corrected chi connectivity index (χ0v) is 16.0. The van der Waals surface area contributed by atoms with Gasteiger partial charge in [0.05, 0.1) is 26.3 Å². The molecule has 27 heavy (non-hydrogen) atoms. The first-order chi connectivity index (χ1) is 13.2. The van der Waals surface area contributed by atoms with Crippen molar-refractivity contribution in [3.63, 3.8) is 0 Å². The third kappa shape index (κ3) is 3.06. The molecule has 2 aromatic carbocycles. The number of rotatable bonds is 4. The van der Waals surface area contributed by atoms with Gasteiger partial charge in [0.25, 0.3) is 11.6 Å². The fourth-order valence-corrected chi connectivity index (χ4v) is 4.30. The summed E-state index contributed by atoms with van der Waals surface area (Å²) >= 11 is 0. The summed E-state index contributed by atoms with van der Waals surface area (Å²) in [5, 5.41) is 12.0. The van der Waals surface area contributed by atoms with Crippen LogP contribution in [0.5, 0.6) is 11.5 Å². The summed E-state index contributed by atoms with van der Waals surface area (Å²) in [5.41, 5.74) is 0.584. The second kappa shape index (κ2) is 7.24. The minimum atomic E-state index is -1.17. The van der Waals surface area contributed by atoms with E-state index < -0.39 is 5.72 Å². The second-order valence-corrected chi connectivity index (χ2v) is 7.20. The van der Waals surface area contributed by atoms with Gasteiger partial charge in [0.1, 0.15) is 17.2 Å². The highest BCUT2D eigenvalue weighted by atomic mass is 16.5. The highest BCUT2D eigenvalue weighted by Crippen LogP contribution is 2.41. The summed E-state index contributed by atoms with van der Waals surface area (Å²) in [7, 11) is 3.32. The van der Waals surface area contributed by atoms with Gasteiger partial charge in [-0.3, -0.25) is 4.58 Å². The van der Waals surface area contributed by atoms with Gasteiger partial charge in [-0.15, -0.1) is 0 Å². The topological polar surface area (TPSA) is 44.9 Å². The fourth-order valence-electron chi connectivity index (χ4n) is 4.30. The average Bonchev–Trinajstić information content (AvgIpc) is 2.84. The molecule has 0 spiro atoms. The standard InChI is InChI=1S/C22H27N2O3/c1-26-18-13-11-17(12-14-18)24-21-10-4-3-7-15-23(21)16-22(24,25)19-8-5-6-9-20(19)27-2/h5-6,8-9,11-14,25H,3-4,7,10,15-16H2,1-2H3/q+1/t22-/m1/s1. The van der Waals surface area contributed by atoms with E-state index in [9.17, 15) is 5.11 Å². The van der Waals surface area contributed by atoms with Gasteiger partial charge in [-0.25, -0.2) is 0 Å². The Labute approximate surface area is 160 Å². The van der Waals surface area contributed by atoms with Crippen molar-refractivity contribution < 1.29 is 19.2 Å². The Morgan fingerprint density at radius 2 is 1.74 bits per heavy atom. The molecule has 0 saturated heterocycles. The third-order valence-electron chi connectivity index (χ3n) is 5.60. The van der Waals surface area contributed by atoms with Crippen LogP contribution in [-0.4, -0.2) is 42.8 Å². The Bertz CT molecular complexity index is 847. The SMILES string of the molecule is COc1ccc(N2C3=[N+](CCCCC3)C[C@@]2(O)c2ccccc2OC)cc1. The summed E-state index contributed by atoms with van der Waals surface area (Å²) in [4.78, 5) is 2.09. The lowest BCUT2D eigenvalue weighted by Gasteiger charge is -2.30. The van der Waals surface area contributed by atoms with Crippen molar-refractivity contribution in [2.75, 3.05) is 32.2 Å². The van der Waals surface area contributed by atoms with E-state index in [1.54, 1.807) is 14.2 Å². The van der Waals surface area contributed by atoms with E-state index >= 15 is 0 Å². The molecule has 0 unspecified atom stereocenters. The number of methoxy groups -OCH3 is 2. The fraction of sp³-hybridized carbons (Fsp3) is 0.409. The van der Waals surface area contributed by atoms with Crippen molar-refractivity contribution in [2.24, 2.45) is 0 Å². The van der Waals surface area contributed by atoms with Gasteiger partial charge in [0, 0.05) is 6.42 Å². The van der Waals surface area contributed by atoms with Crippen molar-refractivity contribution in [3.05, 3.63) is 54.1 Å². The Morgan fingerprint density at radius 3 is 2.48 bits per heavy atom. The molecular weight excluding hydrogens is 340 g/mol. The van der Waals surface area contributed by atoms with Crippen LogP contribution in [0.15, 0.2) is 48.5 Å². The largest absolute Gasteiger partial charge is 0.497 e. The van der Waals surface area contributed by atoms with Gasteiger partial charge in [-0.2, -0.15) is 4.90 Å². The Balaban J connectivity index is 1.85. The predicted octanol–water partition coefficient (Wildman–Crippen LogP) is 3.35. The van der Waals surface area contributed by atoms with Crippen molar-refractivity contribution in [2.45, 2.75) is 31.4 Å². The number of hydrogen-bond donors (Lipinski definition) is 1. The number of para-hydroxylation sites is 1. The van der Waals surface area contributed by atoms with Crippen LogP contribution in [0.3, 0.4) is 0 Å². The van der Waals surface area contributed by atoms with Crippen LogP contribution in [0.1, 0.15) is 31.2 Å². The molecule has 0 radical (unpaired) electrons. The lowest BCUT2D eigenvalue weighted by Crippen LogP contribution is -2.47. The number of anilines is 1. The van der Waals surface area contributed by atoms with Crippen molar-refractivity contribution in [1.82, 2.24) is 0 Å². The van der Waals surface area contributed by atoms with Gasteiger partial charge in [0.15, 0.2) is 6.54 Å². The number of nitrogens with zero attached hydrogens (tertiary/aromatic N) is 2. The van der Waals surface area contributed by atoms with Crippen molar-refractivity contribution >= 4 is 11.5 Å². The highest BCUT2D eigenvalue weighted by molar-refractivity contribution is 5.97. The maximum Gasteiger partial charge on any atom is 0.279 e. The smallest absolute Gasteiger partial charge is 0.279 e. The van der Waals surface area contributed by atoms with E-state index in [1.807, 2.05) is 48.5 Å². The second-order valence-electron chi connectivity index (χ2n) is 7.20. The molecular formula is C22H27N2O3+. The molecule has 2 aliphatic rings. The first kappa shape index (κ1) is 17.9. The summed E-state index contributed by atoms with van der Waals surface area (Å²) in [6.45, 7) is 1.51. The Hall–Kier alpha value is -2.53. The van der Waals surface area contributed by atoms with Crippen LogP contribution in [0, 0.1) is 0 Å². The van der Waals surface area contributed by atoms with Gasteiger partial charge < -0.3 is 14.6 Å². The summed E-state index contributed by atoms with van der Waals surface area (Å²) in [5.74, 6) is 2.70. The zero-order valence-electron chi connectivity index (χ0n) is 16.0. The molecule has 0 saturated carbocycles. The van der Waals surface area contributed by atoms with Gasteiger partial charge >= 0.3 is 0 Å². The summed E-state index contributed by atoms with van der Waals surface area (Å²) in [6.07, 6.45) is 4.48.